The highest BCUT2D eigenvalue weighted by Crippen LogP contribution is 2.30. The molecular formula is C15H22ClFN2O3S. The second-order valence-electron chi connectivity index (χ2n) is 5.80. The van der Waals surface area contributed by atoms with E-state index >= 15 is 0 Å². The fourth-order valence-corrected chi connectivity index (χ4v) is 4.28. The molecule has 0 radical (unpaired) electrons. The summed E-state index contributed by atoms with van der Waals surface area (Å²) in [5, 5.41) is 3.08. The summed E-state index contributed by atoms with van der Waals surface area (Å²) in [6.45, 7) is 1.26. The first-order valence-electron chi connectivity index (χ1n) is 7.16. The maximum atomic E-state index is 12.9. The maximum absolute atomic E-state index is 12.9. The lowest BCUT2D eigenvalue weighted by molar-refractivity contribution is -0.134. The number of hydrogen-bond acceptors (Lipinski definition) is 4. The zero-order chi connectivity index (χ0) is 16.4. The quantitative estimate of drug-likeness (QED) is 0.876. The molecule has 0 aliphatic carbocycles. The number of nitrogens with zero attached hydrogens (tertiary/aromatic N) is 1. The first-order chi connectivity index (χ1) is 10.3. The molecule has 1 aliphatic heterocycles. The normalized spacial score (nSPS) is 17.2. The van der Waals surface area contributed by atoms with Gasteiger partial charge in [-0.2, -0.15) is 0 Å². The van der Waals surface area contributed by atoms with Crippen LogP contribution in [0.15, 0.2) is 24.3 Å². The van der Waals surface area contributed by atoms with Gasteiger partial charge in [0.25, 0.3) is 0 Å². The highest BCUT2D eigenvalue weighted by atomic mass is 35.5. The molecule has 1 aromatic rings. The summed E-state index contributed by atoms with van der Waals surface area (Å²) in [6.07, 6.45) is 1.68. The smallest absolute Gasteiger partial charge is 0.244 e. The molecule has 0 atom stereocenters. The molecule has 1 aliphatic rings. The molecule has 0 spiro atoms. The van der Waals surface area contributed by atoms with Gasteiger partial charge in [-0.3, -0.25) is 4.79 Å². The van der Waals surface area contributed by atoms with E-state index < -0.39 is 14.6 Å². The van der Waals surface area contributed by atoms with Crippen LogP contribution in [0.4, 0.5) is 4.39 Å². The highest BCUT2D eigenvalue weighted by molar-refractivity contribution is 7.92. The van der Waals surface area contributed by atoms with Crippen LogP contribution in [0, 0.1) is 5.82 Å². The molecule has 1 heterocycles. The van der Waals surface area contributed by atoms with Gasteiger partial charge in [0.15, 0.2) is 14.6 Å². The molecule has 23 heavy (non-hydrogen) atoms. The molecule has 1 N–H and O–H groups in total. The SMILES string of the molecule is CN(Cc1ccc(F)cc1)C(=O)C1(S(C)(=O)=O)CCNCC1.Cl. The predicted molar refractivity (Wildman–Crippen MR) is 89.8 cm³/mol. The maximum Gasteiger partial charge on any atom is 0.244 e. The molecule has 2 rings (SSSR count). The lowest BCUT2D eigenvalue weighted by Crippen LogP contribution is -2.57. The van der Waals surface area contributed by atoms with Crippen LogP contribution in [-0.4, -0.2) is 50.4 Å². The zero-order valence-corrected chi connectivity index (χ0v) is 14.8. The van der Waals surface area contributed by atoms with Crippen molar-refractivity contribution in [2.75, 3.05) is 26.4 Å². The van der Waals surface area contributed by atoms with Crippen molar-refractivity contribution in [2.24, 2.45) is 0 Å². The van der Waals surface area contributed by atoms with E-state index in [2.05, 4.69) is 5.32 Å². The molecular weight excluding hydrogens is 343 g/mol. The van der Waals surface area contributed by atoms with Gasteiger partial charge in [-0.25, -0.2) is 12.8 Å². The van der Waals surface area contributed by atoms with Gasteiger partial charge in [0.2, 0.25) is 5.91 Å². The summed E-state index contributed by atoms with van der Waals surface area (Å²) < 4.78 is 36.0. The van der Waals surface area contributed by atoms with Crippen molar-refractivity contribution < 1.29 is 17.6 Å². The predicted octanol–water partition coefficient (Wildman–Crippen LogP) is 1.37. The van der Waals surface area contributed by atoms with E-state index in [0.29, 0.717) is 13.1 Å². The number of halogens is 2. The number of piperidine rings is 1. The minimum absolute atomic E-state index is 0. The van der Waals surface area contributed by atoms with Gasteiger partial charge in [-0.05, 0) is 43.6 Å². The van der Waals surface area contributed by atoms with Gasteiger partial charge < -0.3 is 10.2 Å². The third-order valence-corrected chi connectivity index (χ3v) is 6.19. The fraction of sp³-hybridized carbons (Fsp3) is 0.533. The number of nitrogens with one attached hydrogen (secondary N) is 1. The van der Waals surface area contributed by atoms with Gasteiger partial charge in [0.05, 0.1) is 0 Å². The number of carbonyl (C=O) groups is 1. The molecule has 1 amide bonds. The Morgan fingerprint density at radius 3 is 2.26 bits per heavy atom. The molecule has 1 aromatic carbocycles. The number of sulfone groups is 1. The van der Waals surface area contributed by atoms with Gasteiger partial charge in [-0.15, -0.1) is 12.4 Å². The van der Waals surface area contributed by atoms with Gasteiger partial charge in [0.1, 0.15) is 5.82 Å². The Hall–Kier alpha value is -1.18. The van der Waals surface area contributed by atoms with Crippen LogP contribution in [0.3, 0.4) is 0 Å². The number of benzene rings is 1. The van der Waals surface area contributed by atoms with Crippen molar-refractivity contribution in [1.29, 1.82) is 0 Å². The Kier molecular flexibility index (Phi) is 6.56. The van der Waals surface area contributed by atoms with Crippen LogP contribution in [0.1, 0.15) is 18.4 Å². The summed E-state index contributed by atoms with van der Waals surface area (Å²) >= 11 is 0. The van der Waals surface area contributed by atoms with Crippen molar-refractivity contribution in [3.63, 3.8) is 0 Å². The van der Waals surface area contributed by atoms with Crippen molar-refractivity contribution in [3.8, 4) is 0 Å². The van der Waals surface area contributed by atoms with Crippen molar-refractivity contribution >= 4 is 28.2 Å². The third kappa shape index (κ3) is 4.22. The Bertz CT molecular complexity index is 643. The molecule has 5 nitrogen and oxygen atoms in total. The topological polar surface area (TPSA) is 66.5 Å². The van der Waals surface area contributed by atoms with E-state index in [0.717, 1.165) is 11.8 Å². The summed E-state index contributed by atoms with van der Waals surface area (Å²) in [5.41, 5.74) is 0.759. The van der Waals surface area contributed by atoms with Crippen LogP contribution in [0.2, 0.25) is 0 Å². The molecule has 1 saturated heterocycles. The number of carbonyl (C=O) groups excluding carboxylic acids is 1. The number of hydrogen-bond donors (Lipinski definition) is 1. The van der Waals surface area contributed by atoms with Gasteiger partial charge >= 0.3 is 0 Å². The molecule has 0 unspecified atom stereocenters. The first-order valence-corrected chi connectivity index (χ1v) is 9.06. The lowest BCUT2D eigenvalue weighted by Gasteiger charge is -2.37. The lowest BCUT2D eigenvalue weighted by atomic mass is 9.95. The zero-order valence-electron chi connectivity index (χ0n) is 13.2. The molecule has 0 bridgehead atoms. The van der Waals surface area contributed by atoms with E-state index in [1.807, 2.05) is 0 Å². The van der Waals surface area contributed by atoms with E-state index in [4.69, 9.17) is 0 Å². The Balaban J connectivity index is 0.00000264. The van der Waals surface area contributed by atoms with E-state index in [9.17, 15) is 17.6 Å². The van der Waals surface area contributed by atoms with E-state index in [1.54, 1.807) is 19.2 Å². The summed E-state index contributed by atoms with van der Waals surface area (Å²) in [6, 6.07) is 5.83. The summed E-state index contributed by atoms with van der Waals surface area (Å²) in [7, 11) is -1.94. The average Bonchev–Trinajstić information content (AvgIpc) is 2.48. The average molecular weight is 365 g/mol. The second-order valence-corrected chi connectivity index (χ2v) is 8.13. The number of rotatable bonds is 4. The third-order valence-electron chi connectivity index (χ3n) is 4.19. The van der Waals surface area contributed by atoms with Crippen LogP contribution in [-0.2, 0) is 21.2 Å². The van der Waals surface area contributed by atoms with E-state index in [-0.39, 0.29) is 43.5 Å². The van der Waals surface area contributed by atoms with E-state index in [1.165, 1.54) is 17.0 Å². The molecule has 0 saturated carbocycles. The first kappa shape index (κ1) is 19.9. The van der Waals surface area contributed by atoms with Gasteiger partial charge in [0, 0.05) is 19.8 Å². The van der Waals surface area contributed by atoms with Crippen LogP contribution in [0.25, 0.3) is 0 Å². The van der Waals surface area contributed by atoms with Crippen molar-refractivity contribution in [2.45, 2.75) is 24.1 Å². The molecule has 130 valence electrons. The minimum atomic E-state index is -3.52. The number of amides is 1. The van der Waals surface area contributed by atoms with Crippen LogP contribution in [0.5, 0.6) is 0 Å². The molecule has 1 fully saturated rings. The Morgan fingerprint density at radius 1 is 1.26 bits per heavy atom. The monoisotopic (exact) mass is 364 g/mol. The molecule has 0 aromatic heterocycles. The Labute approximate surface area is 142 Å². The second kappa shape index (κ2) is 7.59. The summed E-state index contributed by atoms with van der Waals surface area (Å²) in [4.78, 5) is 14.2. The standard InChI is InChI=1S/C15H21FN2O3S.ClH/c1-18(11-12-3-5-13(16)6-4-12)14(19)15(22(2,20)21)7-9-17-10-8-15;/h3-6,17H,7-11H2,1-2H3;1H. The minimum Gasteiger partial charge on any atom is -0.340 e. The van der Waals surface area contributed by atoms with Crippen molar-refractivity contribution in [1.82, 2.24) is 10.2 Å². The van der Waals surface area contributed by atoms with Crippen molar-refractivity contribution in [3.05, 3.63) is 35.6 Å². The Morgan fingerprint density at radius 2 is 1.78 bits per heavy atom. The largest absolute Gasteiger partial charge is 0.340 e. The highest BCUT2D eigenvalue weighted by Gasteiger charge is 2.49. The summed E-state index contributed by atoms with van der Waals surface area (Å²) in [5.74, 6) is -0.732. The van der Waals surface area contributed by atoms with Gasteiger partial charge in [-0.1, -0.05) is 12.1 Å². The fourth-order valence-electron chi connectivity index (χ4n) is 2.86. The molecule has 8 heteroatoms. The van der Waals surface area contributed by atoms with Crippen LogP contribution < -0.4 is 5.32 Å². The van der Waals surface area contributed by atoms with Crippen LogP contribution >= 0.6 is 12.4 Å².